The van der Waals surface area contributed by atoms with Crippen LogP contribution in [0.3, 0.4) is 0 Å². The van der Waals surface area contributed by atoms with E-state index in [-0.39, 0.29) is 16.8 Å². The van der Waals surface area contributed by atoms with Gasteiger partial charge >= 0.3 is 6.18 Å². The molecule has 0 radical (unpaired) electrons. The molecule has 3 N–H and O–H groups in total. The number of allylic oxidation sites excluding steroid dienone is 1. The number of halogens is 3. The largest absolute Gasteiger partial charge is 0.393 e. The van der Waals surface area contributed by atoms with Crippen molar-refractivity contribution in [3.8, 4) is 0 Å². The van der Waals surface area contributed by atoms with Crippen LogP contribution in [0.5, 0.6) is 0 Å². The van der Waals surface area contributed by atoms with Crippen LogP contribution in [0.1, 0.15) is 46.5 Å². The number of nitrogens with one attached hydrogen (secondary N) is 3. The van der Waals surface area contributed by atoms with Gasteiger partial charge in [0.2, 0.25) is 0 Å². The molecule has 4 rings (SSSR count). The summed E-state index contributed by atoms with van der Waals surface area (Å²) in [7, 11) is 1.95. The maximum atomic E-state index is 12.9. The van der Waals surface area contributed by atoms with Gasteiger partial charge in [0.1, 0.15) is 17.0 Å². The standard InChI is InChI=1S/C29H35F3N6OS/c1-4-19(2)33-12-5-13-34-27(39)21-8-6-20(7-9-21)17-35-22-10-11-23(14-22)38(3)26-25-15-24(16-29(30,31)32)40-28(25)37-18-36-26/h4,6-9,15,18,22-23,33,35H,1-2,5,10-14,16-17H2,3H3,(H,34,39)/t22-,23+/m0/s1. The van der Waals surface area contributed by atoms with Gasteiger partial charge in [-0.3, -0.25) is 4.79 Å². The molecule has 11 heteroatoms. The zero-order valence-electron chi connectivity index (χ0n) is 22.6. The number of rotatable bonds is 13. The number of hydrogen-bond acceptors (Lipinski definition) is 7. The summed E-state index contributed by atoms with van der Waals surface area (Å²) in [5, 5.41) is 10.3. The number of fused-ring (bicyclic) bond motifs is 1. The van der Waals surface area contributed by atoms with Crippen molar-refractivity contribution in [3.05, 3.63) is 77.6 Å². The van der Waals surface area contributed by atoms with Crippen LogP contribution in [0.4, 0.5) is 19.0 Å². The number of carbonyl (C=O) groups excluding carboxylic acids is 1. The van der Waals surface area contributed by atoms with Gasteiger partial charge in [0, 0.05) is 54.9 Å². The average molecular weight is 573 g/mol. The van der Waals surface area contributed by atoms with E-state index in [1.54, 1.807) is 12.1 Å². The smallest absolute Gasteiger partial charge is 0.385 e. The quantitative estimate of drug-likeness (QED) is 0.189. The Hall–Kier alpha value is -3.44. The lowest BCUT2D eigenvalue weighted by Gasteiger charge is -2.26. The van der Waals surface area contributed by atoms with Crippen LogP contribution in [-0.4, -0.2) is 54.3 Å². The summed E-state index contributed by atoms with van der Waals surface area (Å²) in [5.41, 5.74) is 2.48. The minimum atomic E-state index is -4.25. The van der Waals surface area contributed by atoms with Crippen LogP contribution in [0.25, 0.3) is 10.2 Å². The lowest BCUT2D eigenvalue weighted by atomic mass is 10.1. The van der Waals surface area contributed by atoms with Crippen molar-refractivity contribution >= 4 is 33.3 Å². The van der Waals surface area contributed by atoms with Gasteiger partial charge < -0.3 is 20.9 Å². The SMILES string of the molecule is C=CC(=C)NCCCNC(=O)c1ccc(CN[C@H]2CC[C@@H](N(C)c3ncnc4sc(CC(F)(F)F)cc34)C2)cc1. The van der Waals surface area contributed by atoms with Crippen molar-refractivity contribution in [2.75, 3.05) is 25.0 Å². The molecule has 0 spiro atoms. The molecule has 1 saturated carbocycles. The summed E-state index contributed by atoms with van der Waals surface area (Å²) in [6.07, 6.45) is 1.50. The third kappa shape index (κ3) is 8.04. The van der Waals surface area contributed by atoms with Crippen LogP contribution >= 0.6 is 11.3 Å². The Bertz CT molecular complexity index is 1320. The van der Waals surface area contributed by atoms with Gasteiger partial charge in [0.15, 0.2) is 0 Å². The molecule has 3 aromatic rings. The van der Waals surface area contributed by atoms with Crippen LogP contribution < -0.4 is 20.9 Å². The molecule has 2 aromatic heterocycles. The third-order valence-corrected chi connectivity index (χ3v) is 8.11. The predicted octanol–water partition coefficient (Wildman–Crippen LogP) is 5.35. The molecule has 1 aliphatic rings. The van der Waals surface area contributed by atoms with Gasteiger partial charge in [-0.25, -0.2) is 9.97 Å². The predicted molar refractivity (Wildman–Crippen MR) is 155 cm³/mol. The first-order valence-corrected chi connectivity index (χ1v) is 14.1. The van der Waals surface area contributed by atoms with Gasteiger partial charge in [-0.15, -0.1) is 11.3 Å². The molecule has 1 fully saturated rings. The average Bonchev–Trinajstić information content (AvgIpc) is 3.57. The zero-order valence-corrected chi connectivity index (χ0v) is 23.4. The second-order valence-electron chi connectivity index (χ2n) is 10.0. The highest BCUT2D eigenvalue weighted by Crippen LogP contribution is 2.35. The van der Waals surface area contributed by atoms with Crippen molar-refractivity contribution in [1.82, 2.24) is 25.9 Å². The van der Waals surface area contributed by atoms with E-state index in [1.807, 2.05) is 31.3 Å². The number of benzene rings is 1. The Labute approximate surface area is 236 Å². The van der Waals surface area contributed by atoms with Crippen molar-refractivity contribution in [1.29, 1.82) is 0 Å². The maximum absolute atomic E-state index is 12.9. The summed E-state index contributed by atoms with van der Waals surface area (Å²) in [6.45, 7) is 9.40. The van der Waals surface area contributed by atoms with Crippen molar-refractivity contribution in [3.63, 3.8) is 0 Å². The first kappa shape index (κ1) is 29.5. The minimum Gasteiger partial charge on any atom is -0.385 e. The zero-order chi connectivity index (χ0) is 28.7. The summed E-state index contributed by atoms with van der Waals surface area (Å²) < 4.78 is 38.7. The van der Waals surface area contributed by atoms with Gasteiger partial charge in [0.25, 0.3) is 5.91 Å². The molecule has 0 aliphatic heterocycles. The Morgan fingerprint density at radius 3 is 2.65 bits per heavy atom. The fourth-order valence-corrected chi connectivity index (χ4v) is 5.90. The topological polar surface area (TPSA) is 82.2 Å². The minimum absolute atomic E-state index is 0.0984. The maximum Gasteiger partial charge on any atom is 0.393 e. The van der Waals surface area contributed by atoms with Crippen LogP contribution in [-0.2, 0) is 13.0 Å². The molecule has 2 heterocycles. The first-order valence-electron chi connectivity index (χ1n) is 13.3. The number of hydrogen-bond donors (Lipinski definition) is 3. The first-order chi connectivity index (χ1) is 19.1. The highest BCUT2D eigenvalue weighted by Gasteiger charge is 2.31. The number of nitrogens with zero attached hydrogens (tertiary/aromatic N) is 3. The van der Waals surface area contributed by atoms with Crippen molar-refractivity contribution in [2.24, 2.45) is 0 Å². The monoisotopic (exact) mass is 572 g/mol. The number of alkyl halides is 3. The summed E-state index contributed by atoms with van der Waals surface area (Å²) in [5.74, 6) is 0.575. The highest BCUT2D eigenvalue weighted by atomic mass is 32.1. The lowest BCUT2D eigenvalue weighted by Crippen LogP contribution is -2.33. The molecule has 1 amide bonds. The molecule has 214 valence electrons. The van der Waals surface area contributed by atoms with Crippen LogP contribution in [0.15, 0.2) is 61.6 Å². The highest BCUT2D eigenvalue weighted by molar-refractivity contribution is 7.18. The second kappa shape index (κ2) is 13.3. The Kier molecular flexibility index (Phi) is 9.80. The van der Waals surface area contributed by atoms with E-state index in [0.29, 0.717) is 47.3 Å². The fraction of sp³-hybridized carbons (Fsp3) is 0.414. The Morgan fingerprint density at radius 1 is 1.18 bits per heavy atom. The van der Waals surface area contributed by atoms with E-state index in [4.69, 9.17) is 0 Å². The van der Waals surface area contributed by atoms with Crippen LogP contribution in [0.2, 0.25) is 0 Å². The van der Waals surface area contributed by atoms with E-state index in [0.717, 1.165) is 48.3 Å². The molecule has 0 bridgehead atoms. The lowest BCUT2D eigenvalue weighted by molar-refractivity contribution is -0.126. The van der Waals surface area contributed by atoms with Gasteiger partial charge in [-0.2, -0.15) is 13.2 Å². The van der Waals surface area contributed by atoms with Crippen molar-refractivity contribution in [2.45, 2.75) is 56.9 Å². The Balaban J connectivity index is 1.24. The summed E-state index contributed by atoms with van der Waals surface area (Å²) in [4.78, 5) is 23.9. The summed E-state index contributed by atoms with van der Waals surface area (Å²) >= 11 is 1.07. The third-order valence-electron chi connectivity index (χ3n) is 7.07. The summed E-state index contributed by atoms with van der Waals surface area (Å²) in [6, 6.07) is 9.70. The van der Waals surface area contributed by atoms with Gasteiger partial charge in [0.05, 0.1) is 11.8 Å². The second-order valence-corrected chi connectivity index (χ2v) is 11.2. The van der Waals surface area contributed by atoms with E-state index in [1.165, 1.54) is 6.33 Å². The number of thiophene rings is 1. The van der Waals surface area contributed by atoms with Gasteiger partial charge in [-0.1, -0.05) is 25.3 Å². The number of amides is 1. The van der Waals surface area contributed by atoms with Crippen molar-refractivity contribution < 1.29 is 18.0 Å². The number of carbonyl (C=O) groups is 1. The van der Waals surface area contributed by atoms with Gasteiger partial charge in [-0.05, 0) is 55.5 Å². The normalized spacial score (nSPS) is 17.1. The number of anilines is 1. The van der Waals surface area contributed by atoms with Crippen LogP contribution in [0, 0.1) is 0 Å². The molecule has 40 heavy (non-hydrogen) atoms. The van der Waals surface area contributed by atoms with E-state index in [2.05, 4.69) is 44.0 Å². The molecule has 0 unspecified atom stereocenters. The molecule has 2 atom stereocenters. The van der Waals surface area contributed by atoms with E-state index in [9.17, 15) is 18.0 Å². The molecular formula is C29H35F3N6OS. The fourth-order valence-electron chi connectivity index (χ4n) is 4.88. The van der Waals surface area contributed by atoms with E-state index >= 15 is 0 Å². The number of aromatic nitrogens is 2. The molecule has 1 aliphatic carbocycles. The molecular weight excluding hydrogens is 537 g/mol. The molecule has 0 saturated heterocycles. The Morgan fingerprint density at radius 2 is 1.93 bits per heavy atom. The van der Waals surface area contributed by atoms with E-state index < -0.39 is 12.6 Å². The molecule has 1 aromatic carbocycles. The molecule has 7 nitrogen and oxygen atoms in total.